The molecular weight excluding hydrogens is 316 g/mol. The molecule has 0 radical (unpaired) electrons. The fourth-order valence-electron chi connectivity index (χ4n) is 2.94. The van der Waals surface area contributed by atoms with Crippen LogP contribution in [-0.2, 0) is 24.4 Å². The maximum atomic E-state index is 6.14. The molecule has 3 rings (SSSR count). The molecule has 0 aliphatic carbocycles. The number of hydrogen-bond donors (Lipinski definition) is 1. The van der Waals surface area contributed by atoms with Crippen molar-refractivity contribution in [3.8, 4) is 0 Å². The van der Waals surface area contributed by atoms with Crippen LogP contribution in [0.25, 0.3) is 0 Å². The first kappa shape index (κ1) is 17.5. The van der Waals surface area contributed by atoms with Gasteiger partial charge in [0.15, 0.2) is 5.96 Å². The molecule has 1 aromatic carbocycles. The van der Waals surface area contributed by atoms with E-state index in [-0.39, 0.29) is 0 Å². The highest BCUT2D eigenvalue weighted by atomic mass is 16.5. The van der Waals surface area contributed by atoms with Crippen molar-refractivity contribution >= 4 is 5.96 Å². The Bertz CT molecular complexity index is 678. The van der Waals surface area contributed by atoms with E-state index in [4.69, 9.17) is 14.9 Å². The van der Waals surface area contributed by atoms with Gasteiger partial charge in [0.2, 0.25) is 0 Å². The molecule has 6 heteroatoms. The summed E-state index contributed by atoms with van der Waals surface area (Å²) in [6.07, 6.45) is 1.71. The van der Waals surface area contributed by atoms with Crippen molar-refractivity contribution in [2.75, 3.05) is 33.4 Å². The normalized spacial score (nSPS) is 15.8. The summed E-state index contributed by atoms with van der Waals surface area (Å²) in [6, 6.07) is 12.3. The largest absolute Gasteiger partial charge is 0.468 e. The molecule has 0 atom stereocenters. The van der Waals surface area contributed by atoms with E-state index in [2.05, 4.69) is 40.0 Å². The molecule has 1 aliphatic heterocycles. The number of morpholine rings is 1. The lowest BCUT2D eigenvalue weighted by Crippen LogP contribution is -2.44. The first-order valence-corrected chi connectivity index (χ1v) is 8.62. The van der Waals surface area contributed by atoms with Crippen LogP contribution in [0.5, 0.6) is 0 Å². The van der Waals surface area contributed by atoms with Gasteiger partial charge >= 0.3 is 0 Å². The third kappa shape index (κ3) is 5.08. The fourth-order valence-corrected chi connectivity index (χ4v) is 2.94. The Labute approximate surface area is 148 Å². The molecule has 0 spiro atoms. The minimum Gasteiger partial charge on any atom is -0.468 e. The van der Waals surface area contributed by atoms with Crippen molar-refractivity contribution in [1.82, 2.24) is 9.80 Å². The van der Waals surface area contributed by atoms with Crippen molar-refractivity contribution in [3.63, 3.8) is 0 Å². The van der Waals surface area contributed by atoms with Crippen LogP contribution >= 0.6 is 0 Å². The molecule has 0 amide bonds. The highest BCUT2D eigenvalue weighted by molar-refractivity contribution is 5.78. The zero-order valence-electron chi connectivity index (χ0n) is 14.7. The Morgan fingerprint density at radius 3 is 2.60 bits per heavy atom. The topological polar surface area (TPSA) is 67.2 Å². The molecule has 25 heavy (non-hydrogen) atoms. The second-order valence-corrected chi connectivity index (χ2v) is 6.29. The van der Waals surface area contributed by atoms with Gasteiger partial charge in [-0.1, -0.05) is 24.3 Å². The average Bonchev–Trinajstić information content (AvgIpc) is 3.14. The van der Waals surface area contributed by atoms with Crippen LogP contribution in [0.1, 0.15) is 16.9 Å². The standard InChI is InChI=1S/C19H26N4O2/c1-22(15-18-7-4-10-25-18)14-17-6-3-2-5-16(17)13-21-19(20)23-8-11-24-12-9-23/h2-7,10H,8-9,11-15H2,1H3,(H2,20,21). The Kier molecular flexibility index (Phi) is 6.09. The highest BCUT2D eigenvalue weighted by Crippen LogP contribution is 2.14. The van der Waals surface area contributed by atoms with Crippen LogP contribution in [0.2, 0.25) is 0 Å². The smallest absolute Gasteiger partial charge is 0.191 e. The molecule has 0 saturated carbocycles. The summed E-state index contributed by atoms with van der Waals surface area (Å²) in [6.45, 7) is 5.25. The number of nitrogens with two attached hydrogens (primary N) is 1. The van der Waals surface area contributed by atoms with E-state index in [0.29, 0.717) is 25.7 Å². The summed E-state index contributed by atoms with van der Waals surface area (Å²) in [5.41, 5.74) is 8.59. The number of aliphatic imine (C=N–C) groups is 1. The Morgan fingerprint density at radius 2 is 1.88 bits per heavy atom. The molecule has 1 aromatic heterocycles. The molecule has 2 heterocycles. The van der Waals surface area contributed by atoms with E-state index in [9.17, 15) is 0 Å². The van der Waals surface area contributed by atoms with E-state index in [1.165, 1.54) is 11.1 Å². The van der Waals surface area contributed by atoms with Gasteiger partial charge in [-0.25, -0.2) is 4.99 Å². The van der Waals surface area contributed by atoms with Crippen molar-refractivity contribution in [1.29, 1.82) is 0 Å². The fraction of sp³-hybridized carbons (Fsp3) is 0.421. The van der Waals surface area contributed by atoms with Crippen molar-refractivity contribution in [2.24, 2.45) is 10.7 Å². The average molecular weight is 342 g/mol. The predicted molar refractivity (Wildman–Crippen MR) is 98.0 cm³/mol. The van der Waals surface area contributed by atoms with Gasteiger partial charge in [-0.3, -0.25) is 4.90 Å². The Hall–Kier alpha value is -2.31. The molecule has 1 saturated heterocycles. The minimum absolute atomic E-state index is 0.591. The third-order valence-electron chi connectivity index (χ3n) is 4.31. The second-order valence-electron chi connectivity index (χ2n) is 6.29. The van der Waals surface area contributed by atoms with Gasteiger partial charge in [-0.2, -0.15) is 0 Å². The number of rotatable bonds is 6. The first-order chi connectivity index (χ1) is 12.2. The highest BCUT2D eigenvalue weighted by Gasteiger charge is 2.12. The van der Waals surface area contributed by atoms with Gasteiger partial charge < -0.3 is 19.8 Å². The monoisotopic (exact) mass is 342 g/mol. The number of hydrogen-bond acceptors (Lipinski definition) is 4. The van der Waals surface area contributed by atoms with Crippen LogP contribution in [0.4, 0.5) is 0 Å². The summed E-state index contributed by atoms with van der Waals surface area (Å²) in [5, 5.41) is 0. The first-order valence-electron chi connectivity index (χ1n) is 8.62. The van der Waals surface area contributed by atoms with Gasteiger partial charge in [0, 0.05) is 19.6 Å². The summed E-state index contributed by atoms with van der Waals surface area (Å²) < 4.78 is 10.8. The molecule has 0 bridgehead atoms. The number of furan rings is 1. The molecule has 134 valence electrons. The number of ether oxygens (including phenoxy) is 1. The molecule has 1 aliphatic rings. The number of benzene rings is 1. The minimum atomic E-state index is 0.591. The zero-order chi connectivity index (χ0) is 17.5. The summed E-state index contributed by atoms with van der Waals surface area (Å²) in [4.78, 5) is 8.90. The van der Waals surface area contributed by atoms with E-state index in [1.54, 1.807) is 6.26 Å². The Morgan fingerprint density at radius 1 is 1.12 bits per heavy atom. The summed E-state index contributed by atoms with van der Waals surface area (Å²) in [7, 11) is 2.09. The van der Waals surface area contributed by atoms with Gasteiger partial charge in [0.05, 0.1) is 32.6 Å². The van der Waals surface area contributed by atoms with Gasteiger partial charge in [-0.15, -0.1) is 0 Å². The van der Waals surface area contributed by atoms with Gasteiger partial charge in [0.25, 0.3) is 0 Å². The van der Waals surface area contributed by atoms with Gasteiger partial charge in [0.1, 0.15) is 5.76 Å². The lowest BCUT2D eigenvalue weighted by atomic mass is 10.1. The van der Waals surface area contributed by atoms with E-state index in [1.807, 2.05) is 18.2 Å². The van der Waals surface area contributed by atoms with Crippen molar-refractivity contribution < 1.29 is 9.15 Å². The zero-order valence-corrected chi connectivity index (χ0v) is 14.7. The quantitative estimate of drug-likeness (QED) is 0.643. The summed E-state index contributed by atoms with van der Waals surface area (Å²) >= 11 is 0. The maximum absolute atomic E-state index is 6.14. The van der Waals surface area contributed by atoms with Gasteiger partial charge in [-0.05, 0) is 30.3 Å². The summed E-state index contributed by atoms with van der Waals surface area (Å²) in [5.74, 6) is 1.57. The predicted octanol–water partition coefficient (Wildman–Crippen LogP) is 2.06. The molecule has 1 fully saturated rings. The van der Waals surface area contributed by atoms with E-state index < -0.39 is 0 Å². The van der Waals surface area contributed by atoms with E-state index in [0.717, 1.165) is 31.9 Å². The lowest BCUT2D eigenvalue weighted by molar-refractivity contribution is 0.0674. The molecule has 0 unspecified atom stereocenters. The second kappa shape index (κ2) is 8.69. The molecule has 2 N–H and O–H groups in total. The van der Waals surface area contributed by atoms with E-state index >= 15 is 0 Å². The molecule has 2 aromatic rings. The van der Waals surface area contributed by atoms with Crippen LogP contribution in [0.3, 0.4) is 0 Å². The Balaban J connectivity index is 1.62. The third-order valence-corrected chi connectivity index (χ3v) is 4.31. The number of nitrogens with zero attached hydrogens (tertiary/aromatic N) is 3. The van der Waals surface area contributed by atoms with Crippen molar-refractivity contribution in [2.45, 2.75) is 19.6 Å². The maximum Gasteiger partial charge on any atom is 0.191 e. The number of guanidine groups is 1. The van der Waals surface area contributed by atoms with Crippen LogP contribution in [0, 0.1) is 0 Å². The SMILES string of the molecule is CN(Cc1ccco1)Cc1ccccc1CN=C(N)N1CCOCC1. The molecule has 6 nitrogen and oxygen atoms in total. The van der Waals surface area contributed by atoms with Crippen LogP contribution < -0.4 is 5.73 Å². The van der Waals surface area contributed by atoms with Crippen LogP contribution in [0.15, 0.2) is 52.1 Å². The van der Waals surface area contributed by atoms with Crippen LogP contribution in [-0.4, -0.2) is 49.1 Å². The molecular formula is C19H26N4O2. The van der Waals surface area contributed by atoms with Crippen molar-refractivity contribution in [3.05, 3.63) is 59.5 Å². The lowest BCUT2D eigenvalue weighted by Gasteiger charge is -2.27.